The normalized spacial score (nSPS) is 14.3. The van der Waals surface area contributed by atoms with Crippen LogP contribution in [0.2, 0.25) is 0 Å². The first-order valence-electron chi connectivity index (χ1n) is 5.41. The van der Waals surface area contributed by atoms with Crippen molar-refractivity contribution in [1.82, 2.24) is 0 Å². The van der Waals surface area contributed by atoms with Gasteiger partial charge in [-0.3, -0.25) is 4.79 Å². The average molecular weight is 198 g/mol. The van der Waals surface area contributed by atoms with Crippen molar-refractivity contribution in [2.45, 2.75) is 61.8 Å². The summed E-state index contributed by atoms with van der Waals surface area (Å²) in [5.41, 5.74) is -0.102. The van der Waals surface area contributed by atoms with Gasteiger partial charge in [-0.15, -0.1) is 0 Å². The molecular formula is C13H26O. The second-order valence-electron chi connectivity index (χ2n) is 7.04. The average Bonchev–Trinajstić information content (AvgIpc) is 1.80. The molecule has 0 aromatic carbocycles. The van der Waals surface area contributed by atoms with Crippen LogP contribution < -0.4 is 0 Å². The maximum absolute atomic E-state index is 12.1. The van der Waals surface area contributed by atoms with Gasteiger partial charge in [-0.05, 0) is 10.8 Å². The maximum Gasteiger partial charge on any atom is 0.139 e. The molecule has 0 spiro atoms. The molecule has 0 aliphatic carbocycles. The van der Waals surface area contributed by atoms with Gasteiger partial charge >= 0.3 is 0 Å². The van der Waals surface area contributed by atoms with E-state index in [1.165, 1.54) is 0 Å². The Hall–Kier alpha value is -0.330. The highest BCUT2D eigenvalue weighted by molar-refractivity contribution is 5.85. The third kappa shape index (κ3) is 3.43. The second kappa shape index (κ2) is 3.67. The highest BCUT2D eigenvalue weighted by Gasteiger charge is 2.40. The Morgan fingerprint density at radius 3 is 1.43 bits per heavy atom. The second-order valence-corrected chi connectivity index (χ2v) is 7.04. The van der Waals surface area contributed by atoms with Crippen LogP contribution in [0, 0.1) is 16.2 Å². The van der Waals surface area contributed by atoms with Crippen molar-refractivity contribution in [2.75, 3.05) is 0 Å². The quantitative estimate of drug-likeness (QED) is 0.654. The Balaban J connectivity index is 4.70. The van der Waals surface area contributed by atoms with Crippen LogP contribution in [0.3, 0.4) is 0 Å². The number of hydrogen-bond acceptors (Lipinski definition) is 1. The summed E-state index contributed by atoms with van der Waals surface area (Å²) in [7, 11) is 0. The lowest BCUT2D eigenvalue weighted by atomic mass is 9.64. The molecule has 0 saturated carbocycles. The number of carbonyl (C=O) groups excluding carboxylic acids is 1. The summed E-state index contributed by atoms with van der Waals surface area (Å²) < 4.78 is 0. The lowest BCUT2D eigenvalue weighted by Crippen LogP contribution is -2.39. The van der Waals surface area contributed by atoms with Crippen LogP contribution in [0.4, 0.5) is 0 Å². The van der Waals surface area contributed by atoms with Gasteiger partial charge in [0.15, 0.2) is 0 Å². The van der Waals surface area contributed by atoms with Crippen LogP contribution in [0.5, 0.6) is 0 Å². The summed E-state index contributed by atoms with van der Waals surface area (Å²) in [6.07, 6.45) is 0.664. The third-order valence-corrected chi connectivity index (χ3v) is 3.26. The topological polar surface area (TPSA) is 17.1 Å². The summed E-state index contributed by atoms with van der Waals surface area (Å²) in [4.78, 5) is 12.1. The molecule has 1 nitrogen and oxygen atoms in total. The molecule has 0 fully saturated rings. The number of Topliss-reactive ketones (excluding diaryl/α,β-unsaturated/α-hetero) is 1. The molecule has 1 heteroatoms. The first-order chi connectivity index (χ1) is 5.88. The molecule has 0 aromatic heterocycles. The Labute approximate surface area is 89.3 Å². The Kier molecular flexibility index (Phi) is 3.59. The molecule has 0 bridgehead atoms. The summed E-state index contributed by atoms with van der Waals surface area (Å²) in [5, 5.41) is 0. The molecule has 0 radical (unpaired) electrons. The summed E-state index contributed by atoms with van der Waals surface area (Å²) in [6.45, 7) is 16.9. The SMILES string of the molecule is CC(C)(C)CC(=O)C(C)(C)C(C)(C)C. The number of hydrogen-bond donors (Lipinski definition) is 0. The van der Waals surface area contributed by atoms with Crippen LogP contribution >= 0.6 is 0 Å². The predicted octanol–water partition coefficient (Wildman–Crippen LogP) is 4.06. The number of carbonyl (C=O) groups is 1. The molecule has 0 N–H and O–H groups in total. The smallest absolute Gasteiger partial charge is 0.139 e. The van der Waals surface area contributed by atoms with Crippen molar-refractivity contribution in [2.24, 2.45) is 16.2 Å². The van der Waals surface area contributed by atoms with Crippen LogP contribution in [-0.2, 0) is 4.79 Å². The maximum atomic E-state index is 12.1. The summed E-state index contributed by atoms with van der Waals surface area (Å²) in [5.74, 6) is 0.373. The van der Waals surface area contributed by atoms with Crippen LogP contribution in [0.25, 0.3) is 0 Å². The summed E-state index contributed by atoms with van der Waals surface area (Å²) >= 11 is 0. The van der Waals surface area contributed by atoms with Gasteiger partial charge in [0, 0.05) is 11.8 Å². The first kappa shape index (κ1) is 13.7. The largest absolute Gasteiger partial charge is 0.299 e. The molecular weight excluding hydrogens is 172 g/mol. The van der Waals surface area contributed by atoms with Gasteiger partial charge in [-0.2, -0.15) is 0 Å². The van der Waals surface area contributed by atoms with E-state index in [0.717, 1.165) is 0 Å². The van der Waals surface area contributed by atoms with E-state index in [1.807, 2.05) is 0 Å². The zero-order valence-electron chi connectivity index (χ0n) is 11.1. The van der Waals surface area contributed by atoms with Gasteiger partial charge in [0.25, 0.3) is 0 Å². The van der Waals surface area contributed by atoms with Crippen LogP contribution in [-0.4, -0.2) is 5.78 Å². The molecule has 0 amide bonds. The molecule has 0 unspecified atom stereocenters. The Bertz CT molecular complexity index is 210. The standard InChI is InChI=1S/C13H26O/c1-11(2,3)9-10(14)13(7,8)12(4,5)6/h9H2,1-8H3. The van der Waals surface area contributed by atoms with Gasteiger partial charge in [0.05, 0.1) is 0 Å². The van der Waals surface area contributed by atoms with Gasteiger partial charge < -0.3 is 0 Å². The molecule has 0 aromatic rings. The minimum absolute atomic E-state index is 0.0370. The van der Waals surface area contributed by atoms with E-state index >= 15 is 0 Å². The molecule has 84 valence electrons. The van der Waals surface area contributed by atoms with Gasteiger partial charge in [0.1, 0.15) is 5.78 Å². The van der Waals surface area contributed by atoms with Gasteiger partial charge in [-0.25, -0.2) is 0 Å². The molecule has 0 atom stereocenters. The van der Waals surface area contributed by atoms with E-state index in [9.17, 15) is 4.79 Å². The minimum Gasteiger partial charge on any atom is -0.299 e. The van der Waals surface area contributed by atoms with Crippen molar-refractivity contribution in [3.63, 3.8) is 0 Å². The Morgan fingerprint density at radius 2 is 1.21 bits per heavy atom. The van der Waals surface area contributed by atoms with Crippen molar-refractivity contribution in [1.29, 1.82) is 0 Å². The molecule has 0 rings (SSSR count). The van der Waals surface area contributed by atoms with E-state index in [4.69, 9.17) is 0 Å². The van der Waals surface area contributed by atoms with E-state index in [2.05, 4.69) is 55.4 Å². The minimum atomic E-state index is -0.236. The zero-order chi connectivity index (χ0) is 11.8. The monoisotopic (exact) mass is 198 g/mol. The molecule has 0 saturated heterocycles. The van der Waals surface area contributed by atoms with Crippen molar-refractivity contribution in [3.8, 4) is 0 Å². The van der Waals surface area contributed by atoms with Crippen LogP contribution in [0.1, 0.15) is 61.8 Å². The molecule has 0 heterocycles. The Morgan fingerprint density at radius 1 is 0.857 bits per heavy atom. The van der Waals surface area contributed by atoms with Gasteiger partial charge in [-0.1, -0.05) is 55.4 Å². The van der Waals surface area contributed by atoms with E-state index < -0.39 is 0 Å². The first-order valence-corrected chi connectivity index (χ1v) is 5.41. The highest BCUT2D eigenvalue weighted by Crippen LogP contribution is 2.41. The fourth-order valence-corrected chi connectivity index (χ4v) is 1.12. The lowest BCUT2D eigenvalue weighted by Gasteiger charge is -2.39. The molecule has 0 aliphatic rings. The number of ketones is 1. The summed E-state index contributed by atoms with van der Waals surface area (Å²) in [6, 6.07) is 0. The molecule has 14 heavy (non-hydrogen) atoms. The highest BCUT2D eigenvalue weighted by atomic mass is 16.1. The fraction of sp³-hybridized carbons (Fsp3) is 0.923. The van der Waals surface area contributed by atoms with Crippen molar-refractivity contribution < 1.29 is 4.79 Å². The lowest BCUT2D eigenvalue weighted by molar-refractivity contribution is -0.134. The van der Waals surface area contributed by atoms with Crippen LogP contribution in [0.15, 0.2) is 0 Å². The zero-order valence-corrected chi connectivity index (χ0v) is 11.1. The predicted molar refractivity (Wildman–Crippen MR) is 62.3 cm³/mol. The fourth-order valence-electron chi connectivity index (χ4n) is 1.12. The number of rotatable bonds is 2. The van der Waals surface area contributed by atoms with E-state index in [-0.39, 0.29) is 16.2 Å². The molecule has 0 aliphatic heterocycles. The van der Waals surface area contributed by atoms with Crippen molar-refractivity contribution >= 4 is 5.78 Å². The third-order valence-electron chi connectivity index (χ3n) is 3.26. The van der Waals surface area contributed by atoms with Gasteiger partial charge in [0.2, 0.25) is 0 Å². The van der Waals surface area contributed by atoms with Crippen molar-refractivity contribution in [3.05, 3.63) is 0 Å². The van der Waals surface area contributed by atoms with E-state index in [1.54, 1.807) is 0 Å². The van der Waals surface area contributed by atoms with E-state index in [0.29, 0.717) is 12.2 Å².